The lowest BCUT2D eigenvalue weighted by Gasteiger charge is -2.15. The summed E-state index contributed by atoms with van der Waals surface area (Å²) >= 11 is 3.79. The molecule has 0 aliphatic rings. The third-order valence-corrected chi connectivity index (χ3v) is 4.48. The molecule has 0 aliphatic heterocycles. The molecule has 102 valence electrons. The molecule has 2 aromatic rings. The van der Waals surface area contributed by atoms with Gasteiger partial charge in [-0.05, 0) is 39.3 Å². The molecule has 0 N–H and O–H groups in total. The van der Waals surface area contributed by atoms with Gasteiger partial charge in [0.25, 0.3) is 0 Å². The molecule has 0 radical (unpaired) electrons. The Morgan fingerprint density at radius 2 is 1.79 bits per heavy atom. The molecule has 19 heavy (non-hydrogen) atoms. The number of benzene rings is 1. The van der Waals surface area contributed by atoms with Crippen molar-refractivity contribution in [2.45, 2.75) is 32.5 Å². The van der Waals surface area contributed by atoms with Crippen molar-refractivity contribution < 1.29 is 9.15 Å². The molecule has 2 nitrogen and oxygen atoms in total. The first-order valence-corrected chi connectivity index (χ1v) is 7.22. The Hall–Kier alpha value is -1.22. The molecule has 0 amide bonds. The van der Waals surface area contributed by atoms with E-state index < -0.39 is 0 Å². The van der Waals surface area contributed by atoms with Gasteiger partial charge < -0.3 is 9.15 Å². The van der Waals surface area contributed by atoms with Gasteiger partial charge in [0.05, 0.1) is 11.9 Å². The number of hydrogen-bond acceptors (Lipinski definition) is 2. The van der Waals surface area contributed by atoms with Crippen LogP contribution in [0.2, 0.25) is 0 Å². The van der Waals surface area contributed by atoms with Crippen LogP contribution in [0, 0.1) is 27.7 Å². The van der Waals surface area contributed by atoms with E-state index in [4.69, 9.17) is 9.15 Å². The lowest BCUT2D eigenvalue weighted by Crippen LogP contribution is -1.99. The molecular weight excluding hydrogens is 304 g/mol. The summed E-state index contributed by atoms with van der Waals surface area (Å²) in [6.07, 6.45) is 0. The van der Waals surface area contributed by atoms with Crippen molar-refractivity contribution in [2.75, 3.05) is 7.11 Å². The number of rotatable bonds is 3. The number of hydrogen-bond donors (Lipinski definition) is 0. The van der Waals surface area contributed by atoms with Gasteiger partial charge in [0.2, 0.25) is 0 Å². The van der Waals surface area contributed by atoms with E-state index in [1.807, 2.05) is 19.9 Å². The SMILES string of the molecule is COc1ccc(C)cc1C(Br)c1c(C)oc(C)c1C. The number of methoxy groups -OCH3 is 1. The van der Waals surface area contributed by atoms with Gasteiger partial charge in [0, 0.05) is 11.1 Å². The van der Waals surface area contributed by atoms with Gasteiger partial charge in [-0.25, -0.2) is 0 Å². The summed E-state index contributed by atoms with van der Waals surface area (Å²) in [5.74, 6) is 2.83. The fourth-order valence-corrected chi connectivity index (χ4v) is 3.41. The van der Waals surface area contributed by atoms with Crippen LogP contribution in [0.5, 0.6) is 5.75 Å². The second-order valence-electron chi connectivity index (χ2n) is 4.86. The molecule has 0 saturated heterocycles. The summed E-state index contributed by atoms with van der Waals surface area (Å²) < 4.78 is 11.2. The predicted octanol–water partition coefficient (Wildman–Crippen LogP) is 5.01. The number of aryl methyl sites for hydroxylation is 3. The van der Waals surface area contributed by atoms with Gasteiger partial charge in [-0.2, -0.15) is 0 Å². The van der Waals surface area contributed by atoms with Crippen molar-refractivity contribution in [3.8, 4) is 5.75 Å². The van der Waals surface area contributed by atoms with Crippen molar-refractivity contribution in [2.24, 2.45) is 0 Å². The smallest absolute Gasteiger partial charge is 0.123 e. The van der Waals surface area contributed by atoms with Gasteiger partial charge in [0.1, 0.15) is 17.3 Å². The van der Waals surface area contributed by atoms with Crippen LogP contribution in [0.25, 0.3) is 0 Å². The van der Waals surface area contributed by atoms with Crippen LogP contribution in [0.15, 0.2) is 22.6 Å². The maximum absolute atomic E-state index is 5.72. The van der Waals surface area contributed by atoms with Crippen molar-refractivity contribution >= 4 is 15.9 Å². The summed E-state index contributed by atoms with van der Waals surface area (Å²) in [5.41, 5.74) is 4.75. The highest BCUT2D eigenvalue weighted by Crippen LogP contribution is 2.41. The van der Waals surface area contributed by atoms with E-state index in [9.17, 15) is 0 Å². The summed E-state index contributed by atoms with van der Waals surface area (Å²) in [6.45, 7) is 8.19. The Morgan fingerprint density at radius 3 is 2.32 bits per heavy atom. The predicted molar refractivity (Wildman–Crippen MR) is 81.4 cm³/mol. The Balaban J connectivity index is 2.55. The summed E-state index contributed by atoms with van der Waals surface area (Å²) in [6, 6.07) is 6.22. The van der Waals surface area contributed by atoms with Crippen LogP contribution in [0.4, 0.5) is 0 Å². The second kappa shape index (κ2) is 5.41. The molecule has 0 spiro atoms. The minimum atomic E-state index is 0.0831. The summed E-state index contributed by atoms with van der Waals surface area (Å²) in [7, 11) is 1.70. The zero-order chi connectivity index (χ0) is 14.2. The van der Waals surface area contributed by atoms with Crippen LogP contribution in [0.3, 0.4) is 0 Å². The molecule has 1 heterocycles. The highest BCUT2D eigenvalue weighted by Gasteiger charge is 2.23. The maximum Gasteiger partial charge on any atom is 0.123 e. The molecule has 0 aliphatic carbocycles. The van der Waals surface area contributed by atoms with E-state index in [1.54, 1.807) is 7.11 Å². The second-order valence-corrected chi connectivity index (χ2v) is 5.78. The average Bonchev–Trinajstić information content (AvgIpc) is 2.62. The highest BCUT2D eigenvalue weighted by molar-refractivity contribution is 9.09. The number of ether oxygens (including phenoxy) is 1. The van der Waals surface area contributed by atoms with Crippen molar-refractivity contribution in [1.29, 1.82) is 0 Å². The maximum atomic E-state index is 5.72. The van der Waals surface area contributed by atoms with Crippen LogP contribution in [-0.2, 0) is 0 Å². The summed E-state index contributed by atoms with van der Waals surface area (Å²) in [4.78, 5) is 0.0831. The van der Waals surface area contributed by atoms with E-state index in [0.29, 0.717) is 0 Å². The van der Waals surface area contributed by atoms with Crippen molar-refractivity contribution in [3.63, 3.8) is 0 Å². The Morgan fingerprint density at radius 1 is 1.11 bits per heavy atom. The first-order chi connectivity index (χ1) is 8.95. The van der Waals surface area contributed by atoms with Gasteiger partial charge in [-0.15, -0.1) is 0 Å². The molecule has 1 atom stereocenters. The Labute approximate surface area is 122 Å². The van der Waals surface area contributed by atoms with Crippen LogP contribution in [-0.4, -0.2) is 7.11 Å². The minimum Gasteiger partial charge on any atom is -0.496 e. The van der Waals surface area contributed by atoms with E-state index in [0.717, 1.165) is 22.8 Å². The standard InChI is InChI=1S/C16H19BrO2/c1-9-6-7-14(18-5)13(8-9)16(17)15-10(2)11(3)19-12(15)4/h6-8,16H,1-5H3. The van der Waals surface area contributed by atoms with Gasteiger partial charge in [0.15, 0.2) is 0 Å². The van der Waals surface area contributed by atoms with Crippen molar-refractivity contribution in [1.82, 2.24) is 0 Å². The monoisotopic (exact) mass is 322 g/mol. The number of furan rings is 1. The quantitative estimate of drug-likeness (QED) is 0.741. The Bertz CT molecular complexity index is 599. The van der Waals surface area contributed by atoms with Gasteiger partial charge in [-0.3, -0.25) is 0 Å². The molecule has 1 aromatic heterocycles. The third kappa shape index (κ3) is 2.57. The highest BCUT2D eigenvalue weighted by atomic mass is 79.9. The molecule has 0 saturated carbocycles. The van der Waals surface area contributed by atoms with Crippen LogP contribution in [0.1, 0.15) is 38.6 Å². The van der Waals surface area contributed by atoms with Gasteiger partial charge >= 0.3 is 0 Å². The van der Waals surface area contributed by atoms with Crippen LogP contribution < -0.4 is 4.74 Å². The summed E-state index contributed by atoms with van der Waals surface area (Å²) in [5, 5.41) is 0. The van der Waals surface area contributed by atoms with E-state index in [-0.39, 0.29) is 4.83 Å². The van der Waals surface area contributed by atoms with Crippen LogP contribution >= 0.6 is 15.9 Å². The molecule has 0 fully saturated rings. The molecule has 1 unspecified atom stereocenters. The normalized spacial score (nSPS) is 12.5. The largest absolute Gasteiger partial charge is 0.496 e. The Kier molecular flexibility index (Phi) is 4.04. The topological polar surface area (TPSA) is 22.4 Å². The first kappa shape index (κ1) is 14.2. The molecule has 2 rings (SSSR count). The lowest BCUT2D eigenvalue weighted by atomic mass is 9.99. The first-order valence-electron chi connectivity index (χ1n) is 6.30. The minimum absolute atomic E-state index is 0.0831. The third-order valence-electron chi connectivity index (χ3n) is 3.53. The molecule has 1 aromatic carbocycles. The zero-order valence-electron chi connectivity index (χ0n) is 12.0. The molecule has 0 bridgehead atoms. The number of halogens is 1. The fraction of sp³-hybridized carbons (Fsp3) is 0.375. The lowest BCUT2D eigenvalue weighted by molar-refractivity contribution is 0.410. The van der Waals surface area contributed by atoms with E-state index >= 15 is 0 Å². The fourth-order valence-electron chi connectivity index (χ4n) is 2.39. The van der Waals surface area contributed by atoms with Crippen molar-refractivity contribution in [3.05, 3.63) is 52.0 Å². The molecular formula is C16H19BrO2. The van der Waals surface area contributed by atoms with E-state index in [2.05, 4.69) is 41.9 Å². The zero-order valence-corrected chi connectivity index (χ0v) is 13.6. The molecule has 3 heteroatoms. The number of alkyl halides is 1. The van der Waals surface area contributed by atoms with E-state index in [1.165, 1.54) is 16.7 Å². The average molecular weight is 323 g/mol. The van der Waals surface area contributed by atoms with Gasteiger partial charge in [-0.1, -0.05) is 33.6 Å².